The van der Waals surface area contributed by atoms with Crippen molar-refractivity contribution in [2.45, 2.75) is 25.5 Å². The van der Waals surface area contributed by atoms with Gasteiger partial charge in [0.05, 0.1) is 7.11 Å². The number of halogens is 2. The number of rotatable bonds is 7. The molecule has 1 aromatic carbocycles. The zero-order valence-electron chi connectivity index (χ0n) is 11.6. The molecule has 0 aliphatic heterocycles. The Kier molecular flexibility index (Phi) is 4.95. The third kappa shape index (κ3) is 4.29. The Morgan fingerprint density at radius 3 is 2.71 bits per heavy atom. The Balaban J connectivity index is 2.02. The zero-order valence-corrected chi connectivity index (χ0v) is 11.6. The first-order valence-electron chi connectivity index (χ1n) is 6.68. The van der Waals surface area contributed by atoms with Crippen LogP contribution in [0.5, 0.6) is 11.5 Å². The molecule has 116 valence electrons. The molecule has 1 amide bonds. The van der Waals surface area contributed by atoms with Crippen LogP contribution in [0.2, 0.25) is 0 Å². The van der Waals surface area contributed by atoms with Crippen LogP contribution in [-0.4, -0.2) is 32.2 Å². The summed E-state index contributed by atoms with van der Waals surface area (Å²) in [6, 6.07) is 4.05. The van der Waals surface area contributed by atoms with Gasteiger partial charge in [-0.15, -0.1) is 0 Å². The van der Waals surface area contributed by atoms with E-state index in [1.807, 2.05) is 0 Å². The van der Waals surface area contributed by atoms with Crippen molar-refractivity contribution < 1.29 is 23.0 Å². The smallest absolute Gasteiger partial charge is 0.387 e. The van der Waals surface area contributed by atoms with Crippen LogP contribution in [0.3, 0.4) is 0 Å². The van der Waals surface area contributed by atoms with Crippen LogP contribution >= 0.6 is 0 Å². The summed E-state index contributed by atoms with van der Waals surface area (Å²) in [6.07, 6.45) is 2.18. The second-order valence-corrected chi connectivity index (χ2v) is 4.96. The summed E-state index contributed by atoms with van der Waals surface area (Å²) in [5.41, 5.74) is 6.11. The van der Waals surface area contributed by atoms with Gasteiger partial charge in [0, 0.05) is 18.2 Å². The lowest BCUT2D eigenvalue weighted by Gasteiger charge is -2.13. The predicted molar refractivity (Wildman–Crippen MR) is 72.7 cm³/mol. The molecule has 0 saturated heterocycles. The minimum absolute atomic E-state index is 0.0658. The van der Waals surface area contributed by atoms with Gasteiger partial charge >= 0.3 is 6.61 Å². The van der Waals surface area contributed by atoms with Gasteiger partial charge in [-0.2, -0.15) is 8.78 Å². The molecule has 1 saturated carbocycles. The third-order valence-corrected chi connectivity index (χ3v) is 3.37. The highest BCUT2D eigenvalue weighted by Gasteiger charge is 2.28. The van der Waals surface area contributed by atoms with Crippen molar-refractivity contribution in [1.29, 1.82) is 0 Å². The molecular weight excluding hydrogens is 282 g/mol. The first-order chi connectivity index (χ1) is 10.0. The summed E-state index contributed by atoms with van der Waals surface area (Å²) >= 11 is 0. The first-order valence-corrected chi connectivity index (χ1v) is 6.68. The fourth-order valence-electron chi connectivity index (χ4n) is 2.01. The SMILES string of the molecule is COc1ccc(C(=O)NCC(N)C2CC2)cc1OC(F)F. The summed E-state index contributed by atoms with van der Waals surface area (Å²) in [5, 5.41) is 2.69. The van der Waals surface area contributed by atoms with Crippen molar-refractivity contribution in [3.63, 3.8) is 0 Å². The van der Waals surface area contributed by atoms with Crippen molar-refractivity contribution >= 4 is 5.91 Å². The average Bonchev–Trinajstić information content (AvgIpc) is 3.28. The Morgan fingerprint density at radius 1 is 1.43 bits per heavy atom. The number of alkyl halides is 2. The lowest BCUT2D eigenvalue weighted by molar-refractivity contribution is -0.0512. The van der Waals surface area contributed by atoms with Gasteiger partial charge in [0.2, 0.25) is 0 Å². The zero-order chi connectivity index (χ0) is 15.4. The van der Waals surface area contributed by atoms with Gasteiger partial charge in [0.15, 0.2) is 11.5 Å². The number of ether oxygens (including phenoxy) is 2. The molecule has 0 radical (unpaired) electrons. The van der Waals surface area contributed by atoms with E-state index in [0.717, 1.165) is 12.8 Å². The quantitative estimate of drug-likeness (QED) is 0.805. The molecule has 21 heavy (non-hydrogen) atoms. The summed E-state index contributed by atoms with van der Waals surface area (Å²) < 4.78 is 33.9. The number of amides is 1. The summed E-state index contributed by atoms with van der Waals surface area (Å²) in [6.45, 7) is -2.62. The molecule has 0 spiro atoms. The molecule has 0 heterocycles. The van der Waals surface area contributed by atoms with Crippen molar-refractivity contribution in [2.75, 3.05) is 13.7 Å². The first kappa shape index (κ1) is 15.5. The highest BCUT2D eigenvalue weighted by atomic mass is 19.3. The van der Waals surface area contributed by atoms with Crippen LogP contribution in [0.1, 0.15) is 23.2 Å². The van der Waals surface area contributed by atoms with E-state index in [4.69, 9.17) is 10.5 Å². The van der Waals surface area contributed by atoms with Crippen LogP contribution in [0.15, 0.2) is 18.2 Å². The second-order valence-electron chi connectivity index (χ2n) is 4.96. The number of hydrogen-bond acceptors (Lipinski definition) is 4. The highest BCUT2D eigenvalue weighted by molar-refractivity contribution is 5.94. The van der Waals surface area contributed by atoms with Crippen LogP contribution in [0, 0.1) is 5.92 Å². The average molecular weight is 300 g/mol. The Labute approximate surface area is 121 Å². The van der Waals surface area contributed by atoms with E-state index in [1.165, 1.54) is 25.3 Å². The molecule has 7 heteroatoms. The fourth-order valence-corrected chi connectivity index (χ4v) is 2.01. The monoisotopic (exact) mass is 300 g/mol. The van der Waals surface area contributed by atoms with Crippen LogP contribution in [0.25, 0.3) is 0 Å². The van der Waals surface area contributed by atoms with Gasteiger partial charge in [-0.25, -0.2) is 0 Å². The summed E-state index contributed by atoms with van der Waals surface area (Å²) in [4.78, 5) is 12.0. The Morgan fingerprint density at radius 2 is 2.14 bits per heavy atom. The third-order valence-electron chi connectivity index (χ3n) is 3.37. The number of hydrogen-bond donors (Lipinski definition) is 2. The molecule has 1 atom stereocenters. The van der Waals surface area contributed by atoms with Crippen LogP contribution < -0.4 is 20.5 Å². The van der Waals surface area contributed by atoms with Gasteiger partial charge in [-0.05, 0) is 37.0 Å². The number of carbonyl (C=O) groups is 1. The normalized spacial score (nSPS) is 15.7. The Bertz CT molecular complexity index is 507. The molecule has 0 aromatic heterocycles. The van der Waals surface area contributed by atoms with E-state index in [-0.39, 0.29) is 29.0 Å². The molecule has 5 nitrogen and oxygen atoms in total. The topological polar surface area (TPSA) is 73.6 Å². The summed E-state index contributed by atoms with van der Waals surface area (Å²) in [7, 11) is 1.34. The second kappa shape index (κ2) is 6.71. The van der Waals surface area contributed by atoms with E-state index < -0.39 is 6.61 Å². The minimum Gasteiger partial charge on any atom is -0.493 e. The molecule has 1 aliphatic rings. The highest BCUT2D eigenvalue weighted by Crippen LogP contribution is 2.31. The Hall–Kier alpha value is -1.89. The van der Waals surface area contributed by atoms with Crippen LogP contribution in [0.4, 0.5) is 8.78 Å². The molecule has 0 bridgehead atoms. The van der Waals surface area contributed by atoms with E-state index in [9.17, 15) is 13.6 Å². The molecule has 1 aromatic rings. The molecule has 1 aliphatic carbocycles. The van der Waals surface area contributed by atoms with Gasteiger partial charge in [-0.1, -0.05) is 0 Å². The predicted octanol–water partition coefficient (Wildman–Crippen LogP) is 1.76. The maximum Gasteiger partial charge on any atom is 0.387 e. The number of nitrogens with two attached hydrogens (primary N) is 1. The minimum atomic E-state index is -2.99. The van der Waals surface area contributed by atoms with Gasteiger partial charge in [-0.3, -0.25) is 4.79 Å². The molecule has 1 unspecified atom stereocenters. The fraction of sp³-hybridized carbons (Fsp3) is 0.500. The lowest BCUT2D eigenvalue weighted by atomic mass is 10.1. The van der Waals surface area contributed by atoms with Crippen LogP contribution in [-0.2, 0) is 0 Å². The number of carbonyl (C=O) groups excluding carboxylic acids is 1. The maximum atomic E-state index is 12.3. The molecule has 3 N–H and O–H groups in total. The summed E-state index contributed by atoms with van der Waals surface area (Å²) in [5.74, 6) is 0.0555. The number of nitrogens with one attached hydrogen (secondary N) is 1. The lowest BCUT2D eigenvalue weighted by Crippen LogP contribution is -2.38. The molecule has 2 rings (SSSR count). The van der Waals surface area contributed by atoms with Gasteiger partial charge < -0.3 is 20.5 Å². The standard InChI is InChI=1S/C14H18F2N2O3/c1-20-11-5-4-9(6-12(11)21-14(15)16)13(19)18-7-10(17)8-2-3-8/h4-6,8,10,14H,2-3,7,17H2,1H3,(H,18,19). The van der Waals surface area contributed by atoms with E-state index in [0.29, 0.717) is 12.5 Å². The maximum absolute atomic E-state index is 12.3. The van der Waals surface area contributed by atoms with Crippen molar-refractivity contribution in [3.8, 4) is 11.5 Å². The van der Waals surface area contributed by atoms with E-state index in [1.54, 1.807) is 0 Å². The largest absolute Gasteiger partial charge is 0.493 e. The van der Waals surface area contributed by atoms with E-state index >= 15 is 0 Å². The molecular formula is C14H18F2N2O3. The number of methoxy groups -OCH3 is 1. The van der Waals surface area contributed by atoms with Crippen molar-refractivity contribution in [2.24, 2.45) is 11.7 Å². The van der Waals surface area contributed by atoms with Crippen molar-refractivity contribution in [3.05, 3.63) is 23.8 Å². The number of benzene rings is 1. The molecule has 1 fully saturated rings. The van der Waals surface area contributed by atoms with Gasteiger partial charge in [0.25, 0.3) is 5.91 Å². The van der Waals surface area contributed by atoms with Gasteiger partial charge in [0.1, 0.15) is 0 Å². The van der Waals surface area contributed by atoms with Crippen molar-refractivity contribution in [1.82, 2.24) is 5.32 Å². The van der Waals surface area contributed by atoms with E-state index in [2.05, 4.69) is 10.1 Å².